The summed E-state index contributed by atoms with van der Waals surface area (Å²) in [5, 5.41) is 1.71. The molecule has 2 atom stereocenters. The summed E-state index contributed by atoms with van der Waals surface area (Å²) in [5.74, 6) is -4.69. The molecule has 2 heterocycles. The van der Waals surface area contributed by atoms with Crippen LogP contribution < -0.4 is 4.90 Å². The lowest BCUT2D eigenvalue weighted by molar-refractivity contribution is -0.164. The third kappa shape index (κ3) is 11.1. The van der Waals surface area contributed by atoms with Gasteiger partial charge in [-0.1, -0.05) is 126 Å². The number of imide groups is 3. The molecule has 0 N–H and O–H groups in total. The number of thiazole rings is 1. The molecule has 3 aromatic rings. The van der Waals surface area contributed by atoms with Crippen molar-refractivity contribution in [1.29, 1.82) is 0 Å². The first-order chi connectivity index (χ1) is 28.5. The van der Waals surface area contributed by atoms with Gasteiger partial charge in [-0.2, -0.15) is 10.0 Å². The zero-order valence-electron chi connectivity index (χ0n) is 37.2. The summed E-state index contributed by atoms with van der Waals surface area (Å²) in [6, 6.07) is 17.4. The average Bonchev–Trinajstić information content (AvgIpc) is 3.64. The Balaban J connectivity index is 2.04. The van der Waals surface area contributed by atoms with Crippen molar-refractivity contribution in [2.24, 2.45) is 11.8 Å². The van der Waals surface area contributed by atoms with E-state index in [9.17, 15) is 28.8 Å². The quantitative estimate of drug-likeness (QED) is 0.0704. The van der Waals surface area contributed by atoms with Crippen LogP contribution in [0.3, 0.4) is 0 Å². The fourth-order valence-electron chi connectivity index (χ4n) is 7.66. The minimum atomic E-state index is -1.19. The van der Waals surface area contributed by atoms with Gasteiger partial charge in [0.15, 0.2) is 5.13 Å². The Bertz CT molecular complexity index is 2070. The van der Waals surface area contributed by atoms with Gasteiger partial charge in [-0.15, -0.1) is 0 Å². The topological polar surface area (TPSA) is 128 Å². The van der Waals surface area contributed by atoms with Crippen molar-refractivity contribution >= 4 is 58.0 Å². The third-order valence-corrected chi connectivity index (χ3v) is 12.1. The smallest absolute Gasteiger partial charge is 0.286 e. The number of hydrazine groups is 1. The second-order valence-corrected chi connectivity index (χ2v) is 17.6. The van der Waals surface area contributed by atoms with Crippen molar-refractivity contribution < 1.29 is 28.8 Å². The highest BCUT2D eigenvalue weighted by Crippen LogP contribution is 2.39. The molecule has 1 aliphatic rings. The molecule has 1 aromatic heterocycles. The molecule has 60 heavy (non-hydrogen) atoms. The Morgan fingerprint density at radius 2 is 1.30 bits per heavy atom. The zero-order valence-corrected chi connectivity index (χ0v) is 38.0. The number of aromatic nitrogens is 1. The van der Waals surface area contributed by atoms with Gasteiger partial charge in [0.2, 0.25) is 11.8 Å². The maximum atomic E-state index is 14.9. The van der Waals surface area contributed by atoms with Crippen molar-refractivity contribution in [1.82, 2.24) is 19.9 Å². The average molecular weight is 838 g/mol. The number of unbranched alkanes of at least 4 members (excludes halogenated alkanes) is 2. The molecule has 0 aliphatic carbocycles. The van der Waals surface area contributed by atoms with Gasteiger partial charge in [0.1, 0.15) is 5.57 Å². The first-order valence-corrected chi connectivity index (χ1v) is 22.2. The monoisotopic (exact) mass is 837 g/mol. The standard InChI is InChI=1S/C48H63N5O6S/c1-11-15-23-35(13-3)30-50(31-36(14-4)24-16-12-2)47-49-42(37-25-19-17-20-26-37)40(60-47)29-39-32(5)41(45(58)51(33(6)54)48(8,9)10)46(59)53(44(39)57)52(34(7)55)43(56)38-27-21-18-22-28-38/h17-22,25-29,35-36H,11-16,23-24,30-31H2,1-10H3/b39-29-. The molecule has 11 nitrogen and oxygen atoms in total. The van der Waals surface area contributed by atoms with Crippen molar-refractivity contribution in [3.8, 4) is 11.3 Å². The number of hydrogen-bond donors (Lipinski definition) is 0. The van der Waals surface area contributed by atoms with Gasteiger partial charge in [0, 0.05) is 49.2 Å². The third-order valence-electron chi connectivity index (χ3n) is 11.0. The number of hydrogen-bond acceptors (Lipinski definition) is 9. The minimum absolute atomic E-state index is 0.0134. The van der Waals surface area contributed by atoms with Crippen LogP contribution in [-0.2, 0) is 24.0 Å². The number of benzene rings is 2. The molecular formula is C48H63N5O6S. The summed E-state index contributed by atoms with van der Waals surface area (Å²) in [6.07, 6.45) is 10.3. The van der Waals surface area contributed by atoms with Crippen molar-refractivity contribution in [3.63, 3.8) is 0 Å². The van der Waals surface area contributed by atoms with Gasteiger partial charge in [-0.25, -0.2) is 4.98 Å². The molecule has 2 unspecified atom stereocenters. The Labute approximate surface area is 360 Å². The van der Waals surface area contributed by atoms with Crippen molar-refractivity contribution in [2.75, 3.05) is 18.0 Å². The lowest BCUT2D eigenvalue weighted by atomic mass is 9.92. The normalized spacial score (nSPS) is 15.0. The lowest BCUT2D eigenvalue weighted by Gasteiger charge is -2.38. The van der Waals surface area contributed by atoms with Gasteiger partial charge < -0.3 is 4.90 Å². The van der Waals surface area contributed by atoms with Gasteiger partial charge in [0.25, 0.3) is 23.6 Å². The van der Waals surface area contributed by atoms with E-state index in [4.69, 9.17) is 4.98 Å². The van der Waals surface area contributed by atoms with Crippen LogP contribution in [0.1, 0.15) is 136 Å². The van der Waals surface area contributed by atoms with Gasteiger partial charge in [-0.3, -0.25) is 33.7 Å². The highest BCUT2D eigenvalue weighted by molar-refractivity contribution is 7.17. The van der Waals surface area contributed by atoms with Gasteiger partial charge in [-0.05, 0) is 76.2 Å². The highest BCUT2D eigenvalue weighted by atomic mass is 32.1. The Morgan fingerprint density at radius 1 is 0.767 bits per heavy atom. The molecule has 6 amide bonds. The summed E-state index contributed by atoms with van der Waals surface area (Å²) in [7, 11) is 0. The molecule has 0 spiro atoms. The first-order valence-electron chi connectivity index (χ1n) is 21.4. The summed E-state index contributed by atoms with van der Waals surface area (Å²) in [6.45, 7) is 19.3. The summed E-state index contributed by atoms with van der Waals surface area (Å²) in [5.41, 5.74) is -0.192. The molecule has 0 bridgehead atoms. The predicted octanol–water partition coefficient (Wildman–Crippen LogP) is 9.90. The van der Waals surface area contributed by atoms with Crippen LogP contribution >= 0.6 is 11.3 Å². The fraction of sp³-hybridized carbons (Fsp3) is 0.479. The molecule has 322 valence electrons. The SMILES string of the molecule is CCCCC(CC)CN(CC(CC)CCCC)c1nc(-c2ccccc2)c(/C=C2\C(=O)N(N(C(C)=O)C(=O)c3ccccc3)C(=O)C(C(=O)N(C(C)=O)C(C)(C)C)=C2C)s1. The minimum Gasteiger partial charge on any atom is -0.348 e. The van der Waals surface area contributed by atoms with Crippen LogP contribution in [0, 0.1) is 11.8 Å². The van der Waals surface area contributed by atoms with Crippen LogP contribution in [0.5, 0.6) is 0 Å². The van der Waals surface area contributed by atoms with Crippen LogP contribution in [0.4, 0.5) is 5.13 Å². The highest BCUT2D eigenvalue weighted by Gasteiger charge is 2.47. The number of carbonyl (C=O) groups is 6. The lowest BCUT2D eigenvalue weighted by Crippen LogP contribution is -2.59. The van der Waals surface area contributed by atoms with Crippen molar-refractivity contribution in [3.05, 3.63) is 87.8 Å². The van der Waals surface area contributed by atoms with E-state index in [0.717, 1.165) is 87.0 Å². The van der Waals surface area contributed by atoms with Gasteiger partial charge in [0.05, 0.1) is 10.6 Å². The van der Waals surface area contributed by atoms with E-state index in [1.165, 1.54) is 37.3 Å². The van der Waals surface area contributed by atoms with E-state index in [1.54, 1.807) is 45.0 Å². The molecule has 0 fully saturated rings. The number of nitrogens with zero attached hydrogens (tertiary/aromatic N) is 5. The Hall–Kier alpha value is -5.23. The van der Waals surface area contributed by atoms with E-state index >= 15 is 0 Å². The molecular weight excluding hydrogens is 775 g/mol. The molecule has 2 aromatic carbocycles. The predicted molar refractivity (Wildman–Crippen MR) is 239 cm³/mol. The largest absolute Gasteiger partial charge is 0.348 e. The van der Waals surface area contributed by atoms with Crippen LogP contribution in [-0.4, -0.2) is 74.0 Å². The summed E-state index contributed by atoms with van der Waals surface area (Å²) in [4.78, 5) is 93.8. The molecule has 4 rings (SSSR count). The van der Waals surface area contributed by atoms with E-state index in [-0.39, 0.29) is 16.7 Å². The van der Waals surface area contributed by atoms with Gasteiger partial charge >= 0.3 is 0 Å². The molecule has 0 saturated carbocycles. The van der Waals surface area contributed by atoms with Crippen LogP contribution in [0.2, 0.25) is 0 Å². The number of anilines is 1. The zero-order chi connectivity index (χ0) is 44.3. The van der Waals surface area contributed by atoms with E-state index in [2.05, 4.69) is 32.6 Å². The van der Waals surface area contributed by atoms with Crippen LogP contribution in [0.25, 0.3) is 17.3 Å². The Morgan fingerprint density at radius 3 is 1.77 bits per heavy atom. The molecule has 0 saturated heterocycles. The molecule has 1 aliphatic heterocycles. The van der Waals surface area contributed by atoms with E-state index in [1.807, 2.05) is 30.3 Å². The summed E-state index contributed by atoms with van der Waals surface area (Å²) >= 11 is 1.42. The number of rotatable bonds is 18. The second-order valence-electron chi connectivity index (χ2n) is 16.6. The van der Waals surface area contributed by atoms with Crippen molar-refractivity contribution in [2.45, 2.75) is 126 Å². The first kappa shape index (κ1) is 47.4. The molecule has 0 radical (unpaired) electrons. The number of amides is 6. The molecule has 12 heteroatoms. The second kappa shape index (κ2) is 21.3. The maximum absolute atomic E-state index is 14.9. The van der Waals surface area contributed by atoms with Crippen LogP contribution in [0.15, 0.2) is 77.4 Å². The fourth-order valence-corrected chi connectivity index (χ4v) is 8.71. The maximum Gasteiger partial charge on any atom is 0.286 e. The van der Waals surface area contributed by atoms with E-state index in [0.29, 0.717) is 32.4 Å². The van der Waals surface area contributed by atoms with E-state index < -0.39 is 46.6 Å². The Kier molecular flexibility index (Phi) is 16.9. The summed E-state index contributed by atoms with van der Waals surface area (Å²) < 4.78 is 0. The number of carbonyl (C=O) groups excluding carboxylic acids is 6.